The Bertz CT molecular complexity index is 578. The molecule has 2 rings (SSSR count). The molecule has 0 bridgehead atoms. The van der Waals surface area contributed by atoms with Gasteiger partial charge >= 0.3 is 7.69 Å². The van der Waals surface area contributed by atoms with Crippen LogP contribution in [0, 0.1) is 23.3 Å². The molecule has 2 nitrogen and oxygen atoms in total. The van der Waals surface area contributed by atoms with Crippen LogP contribution in [0.3, 0.4) is 0 Å². The maximum absolute atomic E-state index is 13.2. The minimum Gasteiger partial charge on any atom is -0.529 e. The topological polar surface area (TPSA) is 18.5 Å². The minimum atomic E-state index is -1.80. The zero-order valence-corrected chi connectivity index (χ0v) is 9.50. The predicted molar refractivity (Wildman–Crippen MR) is 61.1 cm³/mol. The second kappa shape index (κ2) is 5.64. The van der Waals surface area contributed by atoms with Gasteiger partial charge in [-0.1, -0.05) is 18.2 Å². The van der Waals surface area contributed by atoms with Crippen LogP contribution in [0.4, 0.5) is 17.6 Å². The quantitative estimate of drug-likeness (QED) is 0.368. The molecule has 0 unspecified atom stereocenters. The Balaban J connectivity index is 2.06. The van der Waals surface area contributed by atoms with Gasteiger partial charge in [0.25, 0.3) is 0 Å². The molecule has 0 aliphatic carbocycles. The van der Waals surface area contributed by atoms with Crippen LogP contribution in [0.2, 0.25) is 0 Å². The molecule has 2 aromatic carbocycles. The first-order chi connectivity index (χ1) is 9.09. The van der Waals surface area contributed by atoms with Crippen molar-refractivity contribution in [3.8, 4) is 11.5 Å². The van der Waals surface area contributed by atoms with Crippen molar-refractivity contribution in [2.75, 3.05) is 0 Å². The van der Waals surface area contributed by atoms with E-state index in [9.17, 15) is 17.6 Å². The molecule has 19 heavy (non-hydrogen) atoms. The molecule has 0 saturated carbocycles. The van der Waals surface area contributed by atoms with Crippen LogP contribution >= 0.6 is 0 Å². The summed E-state index contributed by atoms with van der Waals surface area (Å²) in [5, 5.41) is 0. The molecular formula is C12H7BF4O2. The van der Waals surface area contributed by atoms with E-state index >= 15 is 0 Å². The van der Waals surface area contributed by atoms with E-state index in [2.05, 4.69) is 4.65 Å². The van der Waals surface area contributed by atoms with Crippen LogP contribution in [0.1, 0.15) is 0 Å². The highest BCUT2D eigenvalue weighted by Gasteiger charge is 2.20. The highest BCUT2D eigenvalue weighted by atomic mass is 19.2. The fourth-order valence-electron chi connectivity index (χ4n) is 1.35. The Kier molecular flexibility index (Phi) is 3.94. The van der Waals surface area contributed by atoms with E-state index in [1.165, 1.54) is 0 Å². The zero-order chi connectivity index (χ0) is 13.8. The number of halogens is 4. The third kappa shape index (κ3) is 2.99. The van der Waals surface area contributed by atoms with E-state index in [4.69, 9.17) is 4.65 Å². The molecule has 0 aliphatic rings. The summed E-state index contributed by atoms with van der Waals surface area (Å²) in [4.78, 5) is 0. The summed E-state index contributed by atoms with van der Waals surface area (Å²) < 4.78 is 61.6. The van der Waals surface area contributed by atoms with Crippen molar-refractivity contribution in [3.05, 3.63) is 59.7 Å². The number of benzene rings is 2. The van der Waals surface area contributed by atoms with E-state index in [1.54, 1.807) is 30.3 Å². The van der Waals surface area contributed by atoms with Gasteiger partial charge in [0.15, 0.2) is 23.2 Å². The highest BCUT2D eigenvalue weighted by Crippen LogP contribution is 2.25. The summed E-state index contributed by atoms with van der Waals surface area (Å²) in [5.74, 6) is -7.09. The lowest BCUT2D eigenvalue weighted by atomic mass is 10.2. The van der Waals surface area contributed by atoms with Crippen LogP contribution in [0.5, 0.6) is 11.5 Å². The number of hydrogen-bond acceptors (Lipinski definition) is 2. The third-order valence-electron chi connectivity index (χ3n) is 2.24. The highest BCUT2D eigenvalue weighted by molar-refractivity contribution is 6.20. The Morgan fingerprint density at radius 3 is 2.16 bits per heavy atom. The minimum absolute atomic E-state index is 0.205. The lowest BCUT2D eigenvalue weighted by molar-refractivity contribution is 0.375. The van der Waals surface area contributed by atoms with Gasteiger partial charge in [-0.15, -0.1) is 0 Å². The molecule has 0 saturated heterocycles. The Morgan fingerprint density at radius 1 is 0.789 bits per heavy atom. The lowest BCUT2D eigenvalue weighted by Crippen LogP contribution is -2.13. The summed E-state index contributed by atoms with van der Waals surface area (Å²) in [7, 11) is -0.539. The summed E-state index contributed by atoms with van der Waals surface area (Å²) in [6.45, 7) is 0. The first-order valence-electron chi connectivity index (χ1n) is 5.23. The molecule has 0 fully saturated rings. The number of para-hydroxylation sites is 1. The second-order valence-electron chi connectivity index (χ2n) is 3.52. The molecule has 2 aromatic rings. The second-order valence-corrected chi connectivity index (χ2v) is 3.52. The normalized spacial score (nSPS) is 10.1. The summed E-state index contributed by atoms with van der Waals surface area (Å²) in [6.07, 6.45) is 0. The molecule has 0 N–H and O–H groups in total. The maximum Gasteiger partial charge on any atom is 0.576 e. The van der Waals surface area contributed by atoms with Gasteiger partial charge in [-0.05, 0) is 12.1 Å². The fraction of sp³-hybridized carbons (Fsp3) is 0. The van der Waals surface area contributed by atoms with Gasteiger partial charge in [0, 0.05) is 6.07 Å². The first kappa shape index (κ1) is 13.3. The zero-order valence-electron chi connectivity index (χ0n) is 9.50. The van der Waals surface area contributed by atoms with Gasteiger partial charge in [0.2, 0.25) is 5.82 Å². The van der Waals surface area contributed by atoms with Crippen molar-refractivity contribution in [1.29, 1.82) is 0 Å². The molecular weight excluding hydrogens is 263 g/mol. The van der Waals surface area contributed by atoms with Gasteiger partial charge in [-0.2, -0.15) is 4.39 Å². The largest absolute Gasteiger partial charge is 0.576 e. The van der Waals surface area contributed by atoms with Gasteiger partial charge in [-0.3, -0.25) is 0 Å². The Hall–Kier alpha value is -2.18. The van der Waals surface area contributed by atoms with Crippen molar-refractivity contribution in [1.82, 2.24) is 0 Å². The fourth-order valence-corrected chi connectivity index (χ4v) is 1.35. The van der Waals surface area contributed by atoms with Gasteiger partial charge in [0.05, 0.1) is 0 Å². The van der Waals surface area contributed by atoms with Crippen molar-refractivity contribution in [2.45, 2.75) is 0 Å². The monoisotopic (exact) mass is 270 g/mol. The maximum atomic E-state index is 13.2. The number of rotatable bonds is 4. The first-order valence-corrected chi connectivity index (χ1v) is 5.23. The van der Waals surface area contributed by atoms with Crippen LogP contribution in [-0.4, -0.2) is 7.69 Å². The average molecular weight is 270 g/mol. The molecule has 0 radical (unpaired) electrons. The Labute approximate surface area is 106 Å². The number of hydrogen-bond donors (Lipinski definition) is 0. The Morgan fingerprint density at radius 2 is 1.47 bits per heavy atom. The molecule has 0 heterocycles. The standard InChI is InChI=1S/C12H7BF4O2/c14-8-6-9(15)12(11(17)10(8)16)19-13-18-7-4-2-1-3-5-7/h1-6,13H. The van der Waals surface area contributed by atoms with Crippen molar-refractivity contribution >= 4 is 7.69 Å². The van der Waals surface area contributed by atoms with E-state index in [0.717, 1.165) is 0 Å². The van der Waals surface area contributed by atoms with Crippen molar-refractivity contribution < 1.29 is 26.9 Å². The molecule has 0 spiro atoms. The van der Waals surface area contributed by atoms with Crippen molar-refractivity contribution in [2.24, 2.45) is 0 Å². The summed E-state index contributed by atoms with van der Waals surface area (Å²) in [5.41, 5.74) is 0. The molecule has 0 amide bonds. The molecule has 98 valence electrons. The van der Waals surface area contributed by atoms with E-state index in [1.807, 2.05) is 0 Å². The average Bonchev–Trinajstić information content (AvgIpc) is 2.41. The molecule has 0 atom stereocenters. The van der Waals surface area contributed by atoms with Gasteiger partial charge < -0.3 is 9.31 Å². The smallest absolute Gasteiger partial charge is 0.529 e. The predicted octanol–water partition coefficient (Wildman–Crippen LogP) is 2.97. The summed E-state index contributed by atoms with van der Waals surface area (Å²) in [6, 6.07) is 8.53. The molecule has 0 aromatic heterocycles. The van der Waals surface area contributed by atoms with Crippen molar-refractivity contribution in [3.63, 3.8) is 0 Å². The van der Waals surface area contributed by atoms with Gasteiger partial charge in [-0.25, -0.2) is 13.2 Å². The van der Waals surface area contributed by atoms with E-state index in [-0.39, 0.29) is 6.07 Å². The summed E-state index contributed by atoms with van der Waals surface area (Å²) >= 11 is 0. The molecule has 7 heteroatoms. The van der Waals surface area contributed by atoms with Crippen LogP contribution < -0.4 is 9.31 Å². The SMILES string of the molecule is Fc1cc(F)c(OBOc2ccccc2)c(F)c1F. The molecule has 0 aliphatic heterocycles. The van der Waals surface area contributed by atoms with E-state index < -0.39 is 36.7 Å². The lowest BCUT2D eigenvalue weighted by Gasteiger charge is -2.09. The third-order valence-corrected chi connectivity index (χ3v) is 2.24. The van der Waals surface area contributed by atoms with Crippen LogP contribution in [0.15, 0.2) is 36.4 Å². The van der Waals surface area contributed by atoms with Gasteiger partial charge in [0.1, 0.15) is 5.75 Å². The van der Waals surface area contributed by atoms with Crippen LogP contribution in [0.25, 0.3) is 0 Å². The van der Waals surface area contributed by atoms with Crippen LogP contribution in [-0.2, 0) is 0 Å². The van der Waals surface area contributed by atoms with E-state index in [0.29, 0.717) is 5.75 Å².